The van der Waals surface area contributed by atoms with Crippen molar-refractivity contribution < 1.29 is 0 Å². The molecule has 0 spiro atoms. The van der Waals surface area contributed by atoms with Gasteiger partial charge < -0.3 is 9.88 Å². The highest BCUT2D eigenvalue weighted by Crippen LogP contribution is 2.21. The minimum atomic E-state index is 0.0702. The van der Waals surface area contributed by atoms with Crippen molar-refractivity contribution >= 4 is 22.9 Å². The van der Waals surface area contributed by atoms with Crippen molar-refractivity contribution in [2.24, 2.45) is 5.11 Å². The average Bonchev–Trinajstić information content (AvgIpc) is 2.64. The monoisotopic (exact) mass is 204 g/mol. The third-order valence-corrected chi connectivity index (χ3v) is 1.81. The van der Waals surface area contributed by atoms with Crippen LogP contribution in [0.3, 0.4) is 0 Å². The summed E-state index contributed by atoms with van der Waals surface area (Å²) in [6.45, 7) is 0. The van der Waals surface area contributed by atoms with Gasteiger partial charge in [-0.3, -0.25) is 0 Å². The Bertz CT molecular complexity index is 535. The van der Waals surface area contributed by atoms with E-state index in [9.17, 15) is 0 Å². The van der Waals surface area contributed by atoms with Crippen molar-refractivity contribution in [3.63, 3.8) is 0 Å². The van der Waals surface area contributed by atoms with Crippen molar-refractivity contribution in [1.29, 1.82) is 0 Å². The third-order valence-electron chi connectivity index (χ3n) is 1.81. The number of nitrogens with zero attached hydrogens (tertiary/aromatic N) is 7. The van der Waals surface area contributed by atoms with Crippen LogP contribution in [0.25, 0.3) is 21.6 Å². The summed E-state index contributed by atoms with van der Waals surface area (Å²) in [7, 11) is 3.67. The molecule has 0 aliphatic heterocycles. The van der Waals surface area contributed by atoms with Crippen LogP contribution in [0.4, 0.5) is 11.8 Å². The van der Waals surface area contributed by atoms with Crippen LogP contribution in [0.5, 0.6) is 0 Å². The van der Waals surface area contributed by atoms with Gasteiger partial charge >= 0.3 is 0 Å². The molecule has 15 heavy (non-hydrogen) atoms. The Kier molecular flexibility index (Phi) is 2.11. The zero-order chi connectivity index (χ0) is 10.8. The molecule has 0 saturated heterocycles. The van der Waals surface area contributed by atoms with Crippen LogP contribution in [-0.4, -0.2) is 34.0 Å². The van der Waals surface area contributed by atoms with Gasteiger partial charge in [0.15, 0.2) is 11.5 Å². The number of hydrogen-bond donors (Lipinski definition) is 1. The molecule has 0 fully saturated rings. The number of rotatable bonds is 2. The van der Waals surface area contributed by atoms with E-state index in [1.807, 2.05) is 14.1 Å². The number of azide groups is 1. The highest BCUT2D eigenvalue weighted by Gasteiger charge is 2.10. The summed E-state index contributed by atoms with van der Waals surface area (Å²) >= 11 is 0. The molecule has 0 amide bonds. The molecule has 0 radical (unpaired) electrons. The normalized spacial score (nSPS) is 10.0. The van der Waals surface area contributed by atoms with Gasteiger partial charge in [-0.25, -0.2) is 15.0 Å². The van der Waals surface area contributed by atoms with E-state index in [4.69, 9.17) is 5.53 Å². The molecular formula is C7H8N8. The van der Waals surface area contributed by atoms with E-state index >= 15 is 0 Å². The smallest absolute Gasteiger partial charge is 0.220 e. The lowest BCUT2D eigenvalue weighted by molar-refractivity contribution is 1.05. The van der Waals surface area contributed by atoms with E-state index in [-0.39, 0.29) is 5.95 Å². The molecule has 2 heterocycles. The zero-order valence-corrected chi connectivity index (χ0v) is 8.21. The number of imidazole rings is 1. The summed E-state index contributed by atoms with van der Waals surface area (Å²) in [5.74, 6) is 0.709. The fraction of sp³-hybridized carbons (Fsp3) is 0.286. The quantitative estimate of drug-likeness (QED) is 0.452. The Balaban J connectivity index is 2.74. The summed E-state index contributed by atoms with van der Waals surface area (Å²) in [4.78, 5) is 19.4. The van der Waals surface area contributed by atoms with E-state index in [2.05, 4.69) is 30.0 Å². The van der Waals surface area contributed by atoms with E-state index in [1.54, 1.807) is 4.90 Å². The van der Waals surface area contributed by atoms with E-state index in [0.717, 1.165) is 5.52 Å². The number of H-pyrrole nitrogens is 1. The lowest BCUT2D eigenvalue weighted by Crippen LogP contribution is -2.11. The molecule has 0 bridgehead atoms. The molecule has 0 aliphatic rings. The van der Waals surface area contributed by atoms with Crippen molar-refractivity contribution in [3.8, 4) is 0 Å². The summed E-state index contributed by atoms with van der Waals surface area (Å²) < 4.78 is 0. The Morgan fingerprint density at radius 1 is 1.47 bits per heavy atom. The summed E-state index contributed by atoms with van der Waals surface area (Å²) in [5.41, 5.74) is 9.51. The molecule has 0 aromatic carbocycles. The second kappa shape index (κ2) is 3.43. The molecule has 0 saturated carbocycles. The Morgan fingerprint density at radius 2 is 2.27 bits per heavy atom. The number of hydrogen-bond acceptors (Lipinski definition) is 5. The van der Waals surface area contributed by atoms with Crippen molar-refractivity contribution in [2.45, 2.75) is 0 Å². The molecule has 1 N–H and O–H groups in total. The standard InChI is InChI=1S/C7H8N8/c1-15(2)6-4-5(10-3-9-4)11-7(12-6)13-14-8/h3H,1-2H3,(H,9,10,11,12). The number of aromatic nitrogens is 4. The van der Waals surface area contributed by atoms with Crippen LogP contribution < -0.4 is 4.90 Å². The first kappa shape index (κ1) is 9.22. The maximum Gasteiger partial charge on any atom is 0.220 e. The second-order valence-corrected chi connectivity index (χ2v) is 3.03. The molecule has 0 unspecified atom stereocenters. The zero-order valence-electron chi connectivity index (χ0n) is 8.21. The Morgan fingerprint density at radius 3 is 2.93 bits per heavy atom. The molecule has 8 heteroatoms. The molecule has 2 rings (SSSR count). The number of aromatic amines is 1. The maximum atomic E-state index is 8.31. The average molecular weight is 204 g/mol. The van der Waals surface area contributed by atoms with E-state index < -0.39 is 0 Å². The SMILES string of the molecule is CN(C)c1nc(N=[N+]=[N-])nc2nc[nH]c12. The first-order valence-electron chi connectivity index (χ1n) is 4.16. The minimum Gasteiger partial charge on any atom is -0.361 e. The topological polar surface area (TPSA) is 106 Å². The van der Waals surface area contributed by atoms with Gasteiger partial charge in [0.2, 0.25) is 5.95 Å². The van der Waals surface area contributed by atoms with Gasteiger partial charge in [0.1, 0.15) is 5.52 Å². The number of nitrogens with one attached hydrogen (secondary N) is 1. The molecule has 2 aromatic rings. The predicted molar refractivity (Wildman–Crippen MR) is 54.8 cm³/mol. The van der Waals surface area contributed by atoms with Gasteiger partial charge in [-0.05, 0) is 10.6 Å². The van der Waals surface area contributed by atoms with Crippen molar-refractivity contribution in [2.75, 3.05) is 19.0 Å². The molecule has 8 nitrogen and oxygen atoms in total. The first-order valence-corrected chi connectivity index (χ1v) is 4.16. The van der Waals surface area contributed by atoms with Gasteiger partial charge in [0, 0.05) is 19.0 Å². The Hall–Kier alpha value is -2.34. The molecule has 2 aromatic heterocycles. The van der Waals surface area contributed by atoms with Gasteiger partial charge in [-0.2, -0.15) is 0 Å². The molecular weight excluding hydrogens is 196 g/mol. The van der Waals surface area contributed by atoms with Gasteiger partial charge in [-0.1, -0.05) is 0 Å². The van der Waals surface area contributed by atoms with Crippen LogP contribution in [0.15, 0.2) is 11.4 Å². The second-order valence-electron chi connectivity index (χ2n) is 3.03. The first-order chi connectivity index (χ1) is 7.22. The van der Waals surface area contributed by atoms with E-state index in [1.165, 1.54) is 6.33 Å². The largest absolute Gasteiger partial charge is 0.361 e. The highest BCUT2D eigenvalue weighted by atomic mass is 15.3. The fourth-order valence-corrected chi connectivity index (χ4v) is 1.22. The molecule has 76 valence electrons. The fourth-order valence-electron chi connectivity index (χ4n) is 1.22. The van der Waals surface area contributed by atoms with E-state index in [0.29, 0.717) is 11.5 Å². The minimum absolute atomic E-state index is 0.0702. The van der Waals surface area contributed by atoms with Crippen molar-refractivity contribution in [3.05, 3.63) is 16.8 Å². The lowest BCUT2D eigenvalue weighted by atomic mass is 10.4. The third kappa shape index (κ3) is 1.53. The van der Waals surface area contributed by atoms with Gasteiger partial charge in [-0.15, -0.1) is 0 Å². The molecule has 0 atom stereocenters. The number of anilines is 1. The van der Waals surface area contributed by atoms with Gasteiger partial charge in [0.25, 0.3) is 0 Å². The predicted octanol–water partition coefficient (Wildman–Crippen LogP) is 1.36. The Labute approximate surface area is 84.6 Å². The van der Waals surface area contributed by atoms with Crippen molar-refractivity contribution in [1.82, 2.24) is 19.9 Å². The van der Waals surface area contributed by atoms with Crippen LogP contribution in [0.2, 0.25) is 0 Å². The van der Waals surface area contributed by atoms with Crippen LogP contribution in [-0.2, 0) is 0 Å². The van der Waals surface area contributed by atoms with Crippen LogP contribution in [0.1, 0.15) is 0 Å². The summed E-state index contributed by atoms with van der Waals surface area (Å²) in [6, 6.07) is 0. The van der Waals surface area contributed by atoms with Crippen LogP contribution >= 0.6 is 0 Å². The van der Waals surface area contributed by atoms with Gasteiger partial charge in [0.05, 0.1) is 6.33 Å². The summed E-state index contributed by atoms with van der Waals surface area (Å²) in [5, 5.41) is 3.36. The lowest BCUT2D eigenvalue weighted by Gasteiger charge is -2.11. The highest BCUT2D eigenvalue weighted by molar-refractivity contribution is 5.83. The van der Waals surface area contributed by atoms with Crippen LogP contribution in [0, 0.1) is 0 Å². The maximum absolute atomic E-state index is 8.31. The summed E-state index contributed by atoms with van der Waals surface area (Å²) in [6.07, 6.45) is 1.52. The molecule has 0 aliphatic carbocycles. The number of fused-ring (bicyclic) bond motifs is 1.